The van der Waals surface area contributed by atoms with Crippen LogP contribution in [0.5, 0.6) is 5.75 Å². The molecule has 6 nitrogen and oxygen atoms in total. The second-order valence-corrected chi connectivity index (χ2v) is 5.59. The van der Waals surface area contributed by atoms with E-state index >= 15 is 0 Å². The number of methoxy groups -OCH3 is 1. The van der Waals surface area contributed by atoms with Crippen LogP contribution in [0.1, 0.15) is 24.8 Å². The summed E-state index contributed by atoms with van der Waals surface area (Å²) in [4.78, 5) is 24.6. The predicted molar refractivity (Wildman–Crippen MR) is 84.5 cm³/mol. The lowest BCUT2D eigenvalue weighted by atomic mass is 10.1. The molecule has 1 aliphatic heterocycles. The van der Waals surface area contributed by atoms with Crippen molar-refractivity contribution in [1.82, 2.24) is 4.90 Å². The molecule has 0 saturated carbocycles. The number of carboxylic acids is 1. The number of morpholine rings is 1. The maximum absolute atomic E-state index is 12.1. The first-order chi connectivity index (χ1) is 11.1. The number of unbranched alkanes of at least 4 members (excludes halogenated alkanes) is 1. The topological polar surface area (TPSA) is 76.1 Å². The van der Waals surface area contributed by atoms with Gasteiger partial charge in [0.15, 0.2) is 6.10 Å². The Hall–Kier alpha value is -2.08. The Morgan fingerprint density at radius 2 is 2.04 bits per heavy atom. The lowest BCUT2D eigenvalue weighted by Crippen LogP contribution is -2.48. The largest absolute Gasteiger partial charge is 0.497 e. The molecular formula is C17H23NO5. The van der Waals surface area contributed by atoms with E-state index in [1.54, 1.807) is 12.0 Å². The molecule has 0 aromatic heterocycles. The molecule has 1 N–H and O–H groups in total. The van der Waals surface area contributed by atoms with Crippen LogP contribution in [-0.4, -0.2) is 54.8 Å². The maximum atomic E-state index is 12.1. The standard InChI is InChI=1S/C17H23NO5/c1-22-14-8-6-13(7-9-14)4-2-3-5-16(19)18-10-11-23-15(12-18)17(20)21/h6-9,15H,2-5,10-12H2,1H3,(H,20,21). The molecule has 0 bridgehead atoms. The predicted octanol–water partition coefficient (Wildman–Crippen LogP) is 1.72. The van der Waals surface area contributed by atoms with E-state index in [2.05, 4.69) is 0 Å². The van der Waals surface area contributed by atoms with Gasteiger partial charge in [-0.2, -0.15) is 0 Å². The van der Waals surface area contributed by atoms with Crippen molar-refractivity contribution >= 4 is 11.9 Å². The number of aliphatic carboxylic acids is 1. The summed E-state index contributed by atoms with van der Waals surface area (Å²) in [6, 6.07) is 7.92. The zero-order valence-corrected chi connectivity index (χ0v) is 13.4. The van der Waals surface area contributed by atoms with Gasteiger partial charge in [0.05, 0.1) is 20.3 Å². The van der Waals surface area contributed by atoms with E-state index in [4.69, 9.17) is 14.6 Å². The third kappa shape index (κ3) is 5.25. The van der Waals surface area contributed by atoms with Crippen LogP contribution >= 0.6 is 0 Å². The Balaban J connectivity index is 1.68. The molecule has 23 heavy (non-hydrogen) atoms. The van der Waals surface area contributed by atoms with E-state index in [-0.39, 0.29) is 19.1 Å². The van der Waals surface area contributed by atoms with Gasteiger partial charge in [-0.05, 0) is 37.0 Å². The maximum Gasteiger partial charge on any atom is 0.334 e. The molecule has 1 aromatic rings. The minimum absolute atomic E-state index is 0.00859. The molecule has 6 heteroatoms. The molecule has 1 heterocycles. The third-order valence-electron chi connectivity index (χ3n) is 3.96. The highest BCUT2D eigenvalue weighted by atomic mass is 16.5. The van der Waals surface area contributed by atoms with Gasteiger partial charge in [-0.3, -0.25) is 4.79 Å². The van der Waals surface area contributed by atoms with Crippen LogP contribution in [0.2, 0.25) is 0 Å². The molecule has 0 spiro atoms. The van der Waals surface area contributed by atoms with Crippen LogP contribution in [0.15, 0.2) is 24.3 Å². The first kappa shape index (κ1) is 17.3. The zero-order valence-electron chi connectivity index (χ0n) is 13.4. The van der Waals surface area contributed by atoms with E-state index in [9.17, 15) is 9.59 Å². The van der Waals surface area contributed by atoms with Gasteiger partial charge < -0.3 is 19.5 Å². The van der Waals surface area contributed by atoms with Crippen molar-refractivity contribution in [3.05, 3.63) is 29.8 Å². The molecule has 126 valence electrons. The van der Waals surface area contributed by atoms with Crippen molar-refractivity contribution in [2.75, 3.05) is 26.8 Å². The second-order valence-electron chi connectivity index (χ2n) is 5.59. The van der Waals surface area contributed by atoms with Crippen molar-refractivity contribution in [2.24, 2.45) is 0 Å². The van der Waals surface area contributed by atoms with Crippen molar-refractivity contribution in [3.8, 4) is 5.75 Å². The monoisotopic (exact) mass is 321 g/mol. The van der Waals surface area contributed by atoms with Crippen molar-refractivity contribution in [2.45, 2.75) is 31.8 Å². The van der Waals surface area contributed by atoms with Crippen LogP contribution in [0.4, 0.5) is 0 Å². The number of aryl methyl sites for hydroxylation is 1. The molecule has 2 rings (SSSR count). The molecule has 1 amide bonds. The summed E-state index contributed by atoms with van der Waals surface area (Å²) in [5.41, 5.74) is 1.22. The summed E-state index contributed by atoms with van der Waals surface area (Å²) in [6.45, 7) is 0.905. The summed E-state index contributed by atoms with van der Waals surface area (Å²) in [5.74, 6) is -0.166. The number of hydrogen-bond acceptors (Lipinski definition) is 4. The van der Waals surface area contributed by atoms with Gasteiger partial charge in [0.2, 0.25) is 5.91 Å². The van der Waals surface area contributed by atoms with Crippen LogP contribution in [0.25, 0.3) is 0 Å². The minimum Gasteiger partial charge on any atom is -0.497 e. The number of carboxylic acid groups (broad SMARTS) is 1. The number of ether oxygens (including phenoxy) is 2. The number of hydrogen-bond donors (Lipinski definition) is 1. The molecule has 0 radical (unpaired) electrons. The average Bonchev–Trinajstić information content (AvgIpc) is 2.59. The summed E-state index contributed by atoms with van der Waals surface area (Å²) >= 11 is 0. The fourth-order valence-electron chi connectivity index (χ4n) is 2.58. The van der Waals surface area contributed by atoms with Gasteiger partial charge in [0, 0.05) is 13.0 Å². The highest BCUT2D eigenvalue weighted by Crippen LogP contribution is 2.14. The highest BCUT2D eigenvalue weighted by molar-refractivity contribution is 5.78. The summed E-state index contributed by atoms with van der Waals surface area (Å²) in [7, 11) is 1.64. The molecule has 1 saturated heterocycles. The quantitative estimate of drug-likeness (QED) is 0.774. The Kier molecular flexibility index (Phi) is 6.40. The Morgan fingerprint density at radius 3 is 2.70 bits per heavy atom. The molecule has 1 fully saturated rings. The van der Waals surface area contributed by atoms with Gasteiger partial charge in [-0.25, -0.2) is 4.79 Å². The van der Waals surface area contributed by atoms with E-state index < -0.39 is 12.1 Å². The van der Waals surface area contributed by atoms with Crippen LogP contribution in [0, 0.1) is 0 Å². The number of nitrogens with zero attached hydrogens (tertiary/aromatic N) is 1. The van der Waals surface area contributed by atoms with Crippen LogP contribution < -0.4 is 4.74 Å². The van der Waals surface area contributed by atoms with Gasteiger partial charge in [0.25, 0.3) is 0 Å². The van der Waals surface area contributed by atoms with Crippen molar-refractivity contribution in [1.29, 1.82) is 0 Å². The minimum atomic E-state index is -1.01. The van der Waals surface area contributed by atoms with Gasteiger partial charge in [0.1, 0.15) is 5.75 Å². The Bertz CT molecular complexity index is 528. The molecule has 1 aliphatic rings. The molecule has 1 atom stereocenters. The fraction of sp³-hybridized carbons (Fsp3) is 0.529. The van der Waals surface area contributed by atoms with Gasteiger partial charge in [-0.15, -0.1) is 0 Å². The van der Waals surface area contributed by atoms with E-state index in [1.165, 1.54) is 5.56 Å². The van der Waals surface area contributed by atoms with Gasteiger partial charge in [-0.1, -0.05) is 12.1 Å². The third-order valence-corrected chi connectivity index (χ3v) is 3.96. The lowest BCUT2D eigenvalue weighted by Gasteiger charge is -2.30. The number of amides is 1. The van der Waals surface area contributed by atoms with E-state index in [0.717, 1.165) is 25.0 Å². The van der Waals surface area contributed by atoms with Crippen LogP contribution in [0.3, 0.4) is 0 Å². The summed E-state index contributed by atoms with van der Waals surface area (Å²) in [5, 5.41) is 8.94. The zero-order chi connectivity index (χ0) is 16.7. The Labute approximate surface area is 136 Å². The molecule has 0 aliphatic carbocycles. The van der Waals surface area contributed by atoms with Crippen LogP contribution in [-0.2, 0) is 20.7 Å². The number of carbonyl (C=O) groups excluding carboxylic acids is 1. The SMILES string of the molecule is COc1ccc(CCCCC(=O)N2CCOC(C(=O)O)C2)cc1. The number of carbonyl (C=O) groups is 2. The number of rotatable bonds is 7. The molecular weight excluding hydrogens is 298 g/mol. The lowest BCUT2D eigenvalue weighted by molar-refractivity contribution is -0.159. The van der Waals surface area contributed by atoms with Gasteiger partial charge >= 0.3 is 5.97 Å². The smallest absolute Gasteiger partial charge is 0.334 e. The molecule has 1 aromatic carbocycles. The summed E-state index contributed by atoms with van der Waals surface area (Å²) in [6.07, 6.45) is 2.18. The first-order valence-corrected chi connectivity index (χ1v) is 7.85. The number of benzene rings is 1. The van der Waals surface area contributed by atoms with E-state index in [0.29, 0.717) is 13.0 Å². The van der Waals surface area contributed by atoms with E-state index in [1.807, 2.05) is 24.3 Å². The normalized spacial score (nSPS) is 17.8. The second kappa shape index (κ2) is 8.53. The Morgan fingerprint density at radius 1 is 1.30 bits per heavy atom. The fourth-order valence-corrected chi connectivity index (χ4v) is 2.58. The van der Waals surface area contributed by atoms with Crippen molar-refractivity contribution in [3.63, 3.8) is 0 Å². The first-order valence-electron chi connectivity index (χ1n) is 7.85. The molecule has 1 unspecified atom stereocenters. The highest BCUT2D eigenvalue weighted by Gasteiger charge is 2.28. The van der Waals surface area contributed by atoms with Crippen molar-refractivity contribution < 1.29 is 24.2 Å². The average molecular weight is 321 g/mol. The summed E-state index contributed by atoms with van der Waals surface area (Å²) < 4.78 is 10.2.